The summed E-state index contributed by atoms with van der Waals surface area (Å²) in [5.41, 5.74) is 0.800. The van der Waals surface area contributed by atoms with Crippen molar-refractivity contribution in [3.05, 3.63) is 35.4 Å². The number of rotatable bonds is 15. The molecule has 2 aromatic carbocycles. The first-order valence-electron chi connectivity index (χ1n) is 18.5. The van der Waals surface area contributed by atoms with Gasteiger partial charge in [-0.1, -0.05) is 0 Å². The van der Waals surface area contributed by atoms with Crippen molar-refractivity contribution in [3.63, 3.8) is 0 Å². The quantitative estimate of drug-likeness (QED) is 0.234. The first-order valence-corrected chi connectivity index (χ1v) is 18.5. The van der Waals surface area contributed by atoms with Gasteiger partial charge in [0.1, 0.15) is 13.1 Å². The Labute approximate surface area is 332 Å². The van der Waals surface area contributed by atoms with Gasteiger partial charge in [-0.3, -0.25) is 9.59 Å². The molecule has 4 aliphatic rings. The number of carbonyl (C=O) groups is 2. The van der Waals surface area contributed by atoms with Crippen LogP contribution in [0.25, 0.3) is 0 Å². The number of benzene rings is 2. The van der Waals surface area contributed by atoms with Gasteiger partial charge >= 0.3 is 11.9 Å². The van der Waals surface area contributed by atoms with Crippen molar-refractivity contribution in [2.45, 2.75) is 95.0 Å². The molecule has 4 bridgehead atoms. The molecule has 0 aliphatic carbocycles. The Morgan fingerprint density at radius 2 is 0.889 bits per heavy atom. The van der Waals surface area contributed by atoms with Gasteiger partial charge in [-0.05, 0) is 36.1 Å². The van der Waals surface area contributed by atoms with Gasteiger partial charge in [0.15, 0.2) is 23.0 Å². The summed E-state index contributed by atoms with van der Waals surface area (Å²) in [6.45, 7) is 1.48. The summed E-state index contributed by atoms with van der Waals surface area (Å²) in [5.74, 6) is 1.14. The lowest BCUT2D eigenvalue weighted by molar-refractivity contribution is -0.963. The van der Waals surface area contributed by atoms with Crippen molar-refractivity contribution < 1.29 is 82.0 Å². The number of aliphatic carboxylic acids is 2. The monoisotopic (exact) mass is 796 g/mol. The van der Waals surface area contributed by atoms with Crippen LogP contribution < -0.4 is 53.2 Å². The molecule has 12 nitrogen and oxygen atoms in total. The lowest BCUT2D eigenvalue weighted by Crippen LogP contribution is -3.00. The zero-order valence-corrected chi connectivity index (χ0v) is 34.4. The number of methoxy groups -OCH3 is 6. The minimum Gasteiger partial charge on any atom is -1.00 e. The Bertz CT molecular complexity index is 1490. The largest absolute Gasteiger partial charge is 1.00 e. The number of carboxylic acid groups (broad SMARTS) is 2. The molecule has 4 unspecified atom stereocenters. The predicted octanol–water partition coefficient (Wildman–Crippen LogP) is -0.233. The highest BCUT2D eigenvalue weighted by Crippen LogP contribution is 2.59. The lowest BCUT2D eigenvalue weighted by atomic mass is 9.57. The number of nitrogens with zero attached hydrogens (tertiary/aromatic N) is 2. The maximum Gasteiger partial charge on any atom is 0.310 e. The van der Waals surface area contributed by atoms with E-state index in [1.807, 2.05) is 24.3 Å². The summed E-state index contributed by atoms with van der Waals surface area (Å²) in [6.07, 6.45) is 6.40. The second kappa shape index (κ2) is 16.8. The molecule has 6 rings (SSSR count). The maximum atomic E-state index is 13.8. The first-order chi connectivity index (χ1) is 24.8. The Hall–Kier alpha value is -3.32. The van der Waals surface area contributed by atoms with Gasteiger partial charge in [-0.2, -0.15) is 0 Å². The summed E-state index contributed by atoms with van der Waals surface area (Å²) < 4.78 is 35.3. The zero-order chi connectivity index (χ0) is 37.6. The number of quaternary nitrogens is 2. The second-order valence-electron chi connectivity index (χ2n) is 16.1. The molecule has 4 heterocycles. The van der Waals surface area contributed by atoms with Crippen molar-refractivity contribution in [2.75, 3.05) is 56.8 Å². The summed E-state index contributed by atoms with van der Waals surface area (Å²) in [7, 11) is 14.2. The van der Waals surface area contributed by atoms with Crippen molar-refractivity contribution in [2.24, 2.45) is 17.3 Å². The normalized spacial score (nSPS) is 30.5. The zero-order valence-electron chi connectivity index (χ0n) is 32.9. The van der Waals surface area contributed by atoms with E-state index in [-0.39, 0.29) is 67.2 Å². The van der Waals surface area contributed by atoms with Crippen LogP contribution >= 0.6 is 0 Å². The van der Waals surface area contributed by atoms with E-state index >= 15 is 0 Å². The van der Waals surface area contributed by atoms with Gasteiger partial charge < -0.3 is 72.4 Å². The van der Waals surface area contributed by atoms with E-state index in [2.05, 4.69) is 14.1 Å². The fraction of sp³-hybridized carbons (Fsp3) is 0.650. The van der Waals surface area contributed by atoms with Crippen LogP contribution in [-0.2, 0) is 22.7 Å². The van der Waals surface area contributed by atoms with E-state index in [1.165, 1.54) is 0 Å². The van der Waals surface area contributed by atoms with Crippen LogP contribution in [0, 0.1) is 17.3 Å². The van der Waals surface area contributed by atoms with Crippen molar-refractivity contribution in [3.8, 4) is 34.5 Å². The van der Waals surface area contributed by atoms with Crippen molar-refractivity contribution >= 4 is 11.9 Å². The average molecular weight is 798 g/mol. The smallest absolute Gasteiger partial charge is 0.310 e. The van der Waals surface area contributed by atoms with E-state index in [9.17, 15) is 19.8 Å². The minimum atomic E-state index is -1.33. The number of carboxylic acids is 2. The van der Waals surface area contributed by atoms with E-state index < -0.39 is 17.4 Å². The van der Waals surface area contributed by atoms with Crippen LogP contribution in [0.1, 0.15) is 68.9 Å². The number of ether oxygens (including phenoxy) is 6. The number of halogens is 2. The van der Waals surface area contributed by atoms with Gasteiger partial charge in [0.25, 0.3) is 0 Å². The molecule has 0 amide bonds. The van der Waals surface area contributed by atoms with E-state index in [0.717, 1.165) is 58.9 Å². The molecular weight excluding hydrogens is 739 g/mol. The van der Waals surface area contributed by atoms with Crippen LogP contribution in [0.4, 0.5) is 0 Å². The van der Waals surface area contributed by atoms with Gasteiger partial charge in [0, 0.05) is 62.5 Å². The number of hydrogen-bond acceptors (Lipinski definition) is 8. The molecule has 14 heteroatoms. The number of fused-ring (bicyclic) bond motifs is 4. The SMILES string of the molecule is COc1cc(C[N+]2(C)C3CCC2CC(C(CC(=O)O)(C(=O)O)C2CC4CCC(C2)[N+]4(C)Cc2cc(OC)c(OC)c(OC)c2)C3)cc(OC)c1OC.[Cl-].[Cl-]. The first kappa shape index (κ1) is 43.4. The summed E-state index contributed by atoms with van der Waals surface area (Å²) in [6, 6.07) is 8.91. The summed E-state index contributed by atoms with van der Waals surface area (Å²) >= 11 is 0. The van der Waals surface area contributed by atoms with Crippen LogP contribution in [0.5, 0.6) is 34.5 Å². The molecule has 0 spiro atoms. The fourth-order valence-electron chi connectivity index (χ4n) is 11.4. The highest BCUT2D eigenvalue weighted by atomic mass is 35.5. The molecular formula is C40H58Cl2N2O10. The Morgan fingerprint density at radius 1 is 0.593 bits per heavy atom. The maximum absolute atomic E-state index is 13.8. The minimum absolute atomic E-state index is 0. The van der Waals surface area contributed by atoms with Crippen molar-refractivity contribution in [1.29, 1.82) is 0 Å². The molecule has 4 fully saturated rings. The Kier molecular flexibility index (Phi) is 13.5. The number of hydrogen-bond donors (Lipinski definition) is 2. The van der Waals surface area contributed by atoms with E-state index in [4.69, 9.17) is 28.4 Å². The highest BCUT2D eigenvalue weighted by molar-refractivity contribution is 5.82. The molecule has 2 aromatic rings. The molecule has 0 saturated carbocycles. The summed E-state index contributed by atoms with van der Waals surface area (Å²) in [4.78, 5) is 26.5. The summed E-state index contributed by atoms with van der Waals surface area (Å²) in [5, 5.41) is 21.7. The second-order valence-corrected chi connectivity index (χ2v) is 16.1. The lowest BCUT2D eigenvalue weighted by Gasteiger charge is -2.55. The molecule has 2 N–H and O–H groups in total. The molecule has 54 heavy (non-hydrogen) atoms. The average Bonchev–Trinajstić information content (AvgIpc) is 3.36. The third kappa shape index (κ3) is 7.23. The highest BCUT2D eigenvalue weighted by Gasteiger charge is 2.64. The third-order valence-corrected chi connectivity index (χ3v) is 14.0. The van der Waals surface area contributed by atoms with Crippen LogP contribution in [0.2, 0.25) is 0 Å². The molecule has 302 valence electrons. The predicted molar refractivity (Wildman–Crippen MR) is 193 cm³/mol. The molecule has 4 aliphatic heterocycles. The molecule has 0 aromatic heterocycles. The fourth-order valence-corrected chi connectivity index (χ4v) is 11.4. The van der Waals surface area contributed by atoms with E-state index in [0.29, 0.717) is 60.2 Å². The molecule has 4 atom stereocenters. The molecule has 4 saturated heterocycles. The van der Waals surface area contributed by atoms with Gasteiger partial charge in [-0.15, -0.1) is 0 Å². The number of piperidine rings is 2. The van der Waals surface area contributed by atoms with Gasteiger partial charge in [0.2, 0.25) is 11.5 Å². The van der Waals surface area contributed by atoms with E-state index in [1.54, 1.807) is 42.7 Å². The Morgan fingerprint density at radius 3 is 1.11 bits per heavy atom. The standard InChI is InChI=1S/C40H56N2O10.2ClH/c1-41(22-24-13-32(47-3)37(51-7)33(14-24)48-4)28-9-10-29(41)18-26(17-28)40(39(45)46,21-36(43)44)27-19-30-11-12-31(20-27)42(30,2)23-25-15-34(49-5)38(52-8)35(16-25)50-6;;/h13-16,26-31H,9-12,17-23H2,1-8H3;2*1H. The topological polar surface area (TPSA) is 130 Å². The van der Waals surface area contributed by atoms with Crippen LogP contribution in [0.3, 0.4) is 0 Å². The van der Waals surface area contributed by atoms with Crippen molar-refractivity contribution in [1.82, 2.24) is 0 Å². The third-order valence-electron chi connectivity index (χ3n) is 14.0. The Balaban J connectivity index is 0.00000325. The van der Waals surface area contributed by atoms with Crippen LogP contribution in [-0.4, -0.2) is 112 Å². The van der Waals surface area contributed by atoms with Crippen LogP contribution in [0.15, 0.2) is 24.3 Å². The molecule has 0 radical (unpaired) electrons. The van der Waals surface area contributed by atoms with Gasteiger partial charge in [-0.25, -0.2) is 0 Å². The van der Waals surface area contributed by atoms with Gasteiger partial charge in [0.05, 0.1) is 92.8 Å².